The average Bonchev–Trinajstić information content (AvgIpc) is 3.67. The smallest absolute Gasteiger partial charge is 0.315 e. The predicted octanol–water partition coefficient (Wildman–Crippen LogP) is 3.66. The van der Waals surface area contributed by atoms with Crippen molar-refractivity contribution in [3.8, 4) is 11.3 Å². The number of aryl methyl sites for hydroxylation is 1. The van der Waals surface area contributed by atoms with E-state index >= 15 is 0 Å². The third-order valence-electron chi connectivity index (χ3n) is 10.8. The molecule has 3 fully saturated rings. The van der Waals surface area contributed by atoms with E-state index in [9.17, 15) is 24.0 Å². The number of piperidine rings is 2. The number of halogens is 1. The molecule has 3 aromatic heterocycles. The summed E-state index contributed by atoms with van der Waals surface area (Å²) in [7, 11) is 1.96. The quantitative estimate of drug-likeness (QED) is 0.106. The molecule has 1 unspecified atom stereocenters. The molecule has 0 spiro atoms. The molecular formula is C37H48ClN11O5S. The molecule has 55 heavy (non-hydrogen) atoms. The highest BCUT2D eigenvalue weighted by Crippen LogP contribution is 2.37. The Morgan fingerprint density at radius 3 is 2.58 bits per heavy atom. The van der Waals surface area contributed by atoms with Gasteiger partial charge in [0.2, 0.25) is 23.7 Å². The Balaban J connectivity index is 0.738. The van der Waals surface area contributed by atoms with E-state index in [-0.39, 0.29) is 49.3 Å². The summed E-state index contributed by atoms with van der Waals surface area (Å²) in [6, 6.07) is -0.777. The van der Waals surface area contributed by atoms with E-state index in [0.29, 0.717) is 47.5 Å². The van der Waals surface area contributed by atoms with E-state index in [1.807, 2.05) is 22.9 Å². The molecule has 1 saturated carbocycles. The number of thiophene rings is 1. The van der Waals surface area contributed by atoms with Crippen molar-refractivity contribution in [2.75, 3.05) is 25.0 Å². The number of aromatic nitrogens is 4. The maximum atomic E-state index is 12.9. The number of hydrazine groups is 1. The molecule has 6 heterocycles. The fourth-order valence-corrected chi connectivity index (χ4v) is 8.58. The molecule has 3 aromatic rings. The third kappa shape index (κ3) is 9.62. The highest BCUT2D eigenvalue weighted by Gasteiger charge is 2.40. The molecule has 16 nitrogen and oxygen atoms in total. The molecule has 0 radical (unpaired) electrons. The predicted molar refractivity (Wildman–Crippen MR) is 206 cm³/mol. The number of carbonyl (C=O) groups excluding carboxylic acids is 5. The first-order valence-corrected chi connectivity index (χ1v) is 20.5. The van der Waals surface area contributed by atoms with Crippen LogP contribution in [0.2, 0.25) is 5.02 Å². The van der Waals surface area contributed by atoms with Crippen LogP contribution in [0, 0.1) is 5.92 Å². The highest BCUT2D eigenvalue weighted by molar-refractivity contribution is 7.10. The molecule has 5 N–H and O–H groups in total. The van der Waals surface area contributed by atoms with E-state index in [1.54, 1.807) is 11.6 Å². The Labute approximate surface area is 328 Å². The van der Waals surface area contributed by atoms with Gasteiger partial charge in [-0.1, -0.05) is 24.4 Å². The lowest BCUT2D eigenvalue weighted by Crippen LogP contribution is -2.52. The van der Waals surface area contributed by atoms with E-state index in [1.165, 1.54) is 29.1 Å². The van der Waals surface area contributed by atoms with E-state index < -0.39 is 11.9 Å². The molecule has 0 aromatic carbocycles. The summed E-state index contributed by atoms with van der Waals surface area (Å²) >= 11 is 7.95. The van der Waals surface area contributed by atoms with Gasteiger partial charge in [0.15, 0.2) is 0 Å². The molecular weight excluding hydrogens is 746 g/mol. The number of amides is 6. The van der Waals surface area contributed by atoms with Gasteiger partial charge in [-0.2, -0.15) is 5.10 Å². The SMILES string of the molecule is Cn1ncc(-c2nc(NC3CCN(NC(=O)CCCCCCNC(=O)NCc4scc5c4CN(C4CCC(=O)NC4=O)C5=O)CC3)ncc2Cl)c1CC1CC1. The lowest BCUT2D eigenvalue weighted by molar-refractivity contribution is -0.137. The molecule has 4 aliphatic rings. The van der Waals surface area contributed by atoms with Gasteiger partial charge in [-0.25, -0.2) is 19.8 Å². The molecule has 3 aliphatic heterocycles. The van der Waals surface area contributed by atoms with Gasteiger partial charge in [0.1, 0.15) is 6.04 Å². The number of nitrogens with zero attached hydrogens (tertiary/aromatic N) is 6. The minimum absolute atomic E-state index is 0.00931. The van der Waals surface area contributed by atoms with Crippen LogP contribution >= 0.6 is 22.9 Å². The molecule has 1 aliphatic carbocycles. The zero-order valence-corrected chi connectivity index (χ0v) is 32.6. The number of hydrogen-bond acceptors (Lipinski definition) is 11. The maximum Gasteiger partial charge on any atom is 0.315 e. The van der Waals surface area contributed by atoms with Crippen LogP contribution in [-0.4, -0.2) is 91.0 Å². The normalized spacial score (nSPS) is 19.0. The Hall–Kier alpha value is -4.61. The van der Waals surface area contributed by atoms with Crippen LogP contribution in [0.1, 0.15) is 97.1 Å². The van der Waals surface area contributed by atoms with Crippen LogP contribution in [0.15, 0.2) is 17.8 Å². The number of hydrogen-bond donors (Lipinski definition) is 5. The Bertz CT molecular complexity index is 1920. The van der Waals surface area contributed by atoms with Crippen molar-refractivity contribution >= 4 is 58.5 Å². The molecule has 2 saturated heterocycles. The number of unbranched alkanes of at least 4 members (excludes halogenated alkanes) is 3. The van der Waals surface area contributed by atoms with E-state index in [2.05, 4.69) is 36.8 Å². The molecule has 7 rings (SSSR count). The summed E-state index contributed by atoms with van der Waals surface area (Å²) in [5.41, 5.74) is 7.23. The lowest BCUT2D eigenvalue weighted by Gasteiger charge is -2.32. The molecule has 0 bridgehead atoms. The standard InChI is InChI=1S/C37H48ClN11O5S/c1-47-29(16-22-7-8-22)24(17-42-47)33-27(38)18-40-36(45-33)43-23-11-14-48(15-12-23)46-32(51)6-4-2-3-5-13-39-37(54)41-19-30-25-20-49(35(53)26(25)21-55-30)28-9-10-31(50)44-34(28)52/h17-18,21-23,28H,2-16,19-20H2,1H3,(H,46,51)(H2,39,41,54)(H,40,43,45)(H,44,50,52). The molecule has 18 heteroatoms. The molecule has 294 valence electrons. The lowest BCUT2D eigenvalue weighted by atomic mass is 10.0. The minimum atomic E-state index is -0.663. The maximum absolute atomic E-state index is 12.9. The fourth-order valence-electron chi connectivity index (χ4n) is 7.42. The highest BCUT2D eigenvalue weighted by atomic mass is 35.5. The summed E-state index contributed by atoms with van der Waals surface area (Å²) < 4.78 is 1.92. The molecule has 6 amide bonds. The Kier molecular flexibility index (Phi) is 12.3. The van der Waals surface area contributed by atoms with Crippen LogP contribution in [0.5, 0.6) is 0 Å². The second-order valence-electron chi connectivity index (χ2n) is 14.8. The minimum Gasteiger partial charge on any atom is -0.351 e. The van der Waals surface area contributed by atoms with Crippen LogP contribution in [0.3, 0.4) is 0 Å². The Morgan fingerprint density at radius 1 is 1.00 bits per heavy atom. The first-order valence-electron chi connectivity index (χ1n) is 19.2. The summed E-state index contributed by atoms with van der Waals surface area (Å²) in [5.74, 6) is 0.276. The second-order valence-corrected chi connectivity index (χ2v) is 16.2. The van der Waals surface area contributed by atoms with Gasteiger partial charge in [0.25, 0.3) is 5.91 Å². The largest absolute Gasteiger partial charge is 0.351 e. The van der Waals surface area contributed by atoms with Crippen LogP contribution in [0.25, 0.3) is 11.3 Å². The van der Waals surface area contributed by atoms with Gasteiger partial charge < -0.3 is 20.9 Å². The number of rotatable bonds is 16. The van der Waals surface area contributed by atoms with Gasteiger partial charge >= 0.3 is 6.03 Å². The van der Waals surface area contributed by atoms with Gasteiger partial charge in [0, 0.05) is 73.6 Å². The summed E-state index contributed by atoms with van der Waals surface area (Å²) in [6.45, 7) is 2.52. The van der Waals surface area contributed by atoms with Gasteiger partial charge in [0.05, 0.1) is 35.2 Å². The van der Waals surface area contributed by atoms with Crippen LogP contribution < -0.4 is 26.7 Å². The number of urea groups is 1. The number of nitrogens with one attached hydrogen (secondary N) is 5. The van der Waals surface area contributed by atoms with E-state index in [4.69, 9.17) is 16.6 Å². The average molecular weight is 794 g/mol. The van der Waals surface area contributed by atoms with Crippen molar-refractivity contribution in [3.05, 3.63) is 44.5 Å². The number of imide groups is 1. The van der Waals surface area contributed by atoms with Crippen molar-refractivity contribution in [2.24, 2.45) is 13.0 Å². The van der Waals surface area contributed by atoms with Crippen molar-refractivity contribution in [3.63, 3.8) is 0 Å². The number of anilines is 1. The molecule has 1 atom stereocenters. The monoisotopic (exact) mass is 793 g/mol. The first kappa shape index (κ1) is 38.7. The van der Waals surface area contributed by atoms with Gasteiger partial charge in [-0.3, -0.25) is 34.6 Å². The zero-order chi connectivity index (χ0) is 38.5. The van der Waals surface area contributed by atoms with Crippen molar-refractivity contribution in [2.45, 2.75) is 102 Å². The third-order valence-corrected chi connectivity index (χ3v) is 12.1. The van der Waals surface area contributed by atoms with Crippen LogP contribution in [0.4, 0.5) is 10.7 Å². The second kappa shape index (κ2) is 17.5. The van der Waals surface area contributed by atoms with Crippen molar-refractivity contribution < 1.29 is 24.0 Å². The first-order chi connectivity index (χ1) is 26.6. The van der Waals surface area contributed by atoms with Crippen molar-refractivity contribution in [1.29, 1.82) is 0 Å². The topological polar surface area (TPSA) is 196 Å². The van der Waals surface area contributed by atoms with Gasteiger partial charge in [-0.15, -0.1) is 11.3 Å². The summed E-state index contributed by atoms with van der Waals surface area (Å²) in [5, 5.41) is 20.2. The number of carbonyl (C=O) groups is 5. The van der Waals surface area contributed by atoms with Crippen LogP contribution in [-0.2, 0) is 40.9 Å². The van der Waals surface area contributed by atoms with Crippen molar-refractivity contribution in [1.82, 2.24) is 51.0 Å². The van der Waals surface area contributed by atoms with Gasteiger partial charge in [-0.05, 0) is 62.8 Å². The summed E-state index contributed by atoms with van der Waals surface area (Å²) in [6.07, 6.45) is 12.9. The fraction of sp³-hybridized carbons (Fsp3) is 0.568. The number of fused-ring (bicyclic) bond motifs is 1. The Morgan fingerprint density at radius 2 is 1.80 bits per heavy atom. The summed E-state index contributed by atoms with van der Waals surface area (Å²) in [4.78, 5) is 73.4. The zero-order valence-electron chi connectivity index (χ0n) is 31.0. The van der Waals surface area contributed by atoms with E-state index in [0.717, 1.165) is 79.7 Å².